The summed E-state index contributed by atoms with van der Waals surface area (Å²) in [6.45, 7) is 2.88. The fourth-order valence-corrected chi connectivity index (χ4v) is 6.83. The Morgan fingerprint density at radius 3 is 1.98 bits per heavy atom. The quantitative estimate of drug-likeness (QED) is 0.183. The van der Waals surface area contributed by atoms with E-state index in [1.54, 1.807) is 6.08 Å². The number of nitrogens with zero attached hydrogens (tertiary/aromatic N) is 1. The van der Waals surface area contributed by atoms with Gasteiger partial charge in [0, 0.05) is 35.7 Å². The van der Waals surface area contributed by atoms with E-state index in [1.165, 1.54) is 12.1 Å². The predicted octanol–water partition coefficient (Wildman–Crippen LogP) is 7.54. The molecule has 42 heavy (non-hydrogen) atoms. The van der Waals surface area contributed by atoms with E-state index in [1.807, 2.05) is 4.90 Å². The monoisotopic (exact) mass is 621 g/mol. The van der Waals surface area contributed by atoms with Gasteiger partial charge in [-0.1, -0.05) is 36.4 Å². The number of hydrogen-bond donors (Lipinski definition) is 0. The molecule has 0 aromatic heterocycles. The number of alkyl halides is 6. The second-order valence-electron chi connectivity index (χ2n) is 9.73. The Bertz CT molecular complexity index is 1410. The van der Waals surface area contributed by atoms with Gasteiger partial charge in [0.2, 0.25) is 0 Å². The van der Waals surface area contributed by atoms with Gasteiger partial charge in [-0.3, -0.25) is 9.11 Å². The third-order valence-electron chi connectivity index (χ3n) is 7.19. The number of hydrogen-bond acceptors (Lipinski definition) is 3. The molecule has 2 unspecified atom stereocenters. The Balaban J connectivity index is 1.80. The Labute approximate surface area is 238 Å². The van der Waals surface area contributed by atoms with E-state index in [9.17, 15) is 43.7 Å². The van der Waals surface area contributed by atoms with E-state index in [0.717, 1.165) is 30.3 Å². The summed E-state index contributed by atoms with van der Waals surface area (Å²) in [5.74, 6) is -3.34. The van der Waals surface area contributed by atoms with Crippen LogP contribution in [0.25, 0.3) is 0 Å². The highest BCUT2D eigenvalue weighted by atomic mass is 32.2. The highest BCUT2D eigenvalue weighted by Crippen LogP contribution is 2.54. The minimum atomic E-state index is -6.10. The van der Waals surface area contributed by atoms with Gasteiger partial charge in [0.05, 0.1) is 22.2 Å². The maximum atomic E-state index is 14.3. The van der Waals surface area contributed by atoms with Crippen molar-refractivity contribution < 1.29 is 48.5 Å². The van der Waals surface area contributed by atoms with Gasteiger partial charge in [0.1, 0.15) is 17.5 Å². The largest absolute Gasteiger partial charge is 0.430 e. The number of halogens is 9. The van der Waals surface area contributed by atoms with Crippen LogP contribution in [0.4, 0.5) is 39.5 Å². The zero-order chi connectivity index (χ0) is 30.9. The lowest BCUT2D eigenvalue weighted by molar-refractivity contribution is -0.392. The Morgan fingerprint density at radius 2 is 1.45 bits per heavy atom. The molecule has 4 rings (SSSR count). The minimum Gasteiger partial charge on any atom is -0.349 e. The minimum absolute atomic E-state index is 0.120. The normalized spacial score (nSPS) is 19.2. The van der Waals surface area contributed by atoms with Gasteiger partial charge in [-0.2, -0.15) is 26.3 Å². The molecule has 0 aliphatic carbocycles. The third-order valence-corrected chi connectivity index (χ3v) is 9.17. The molecule has 226 valence electrons. The fraction of sp³-hybridized carbons (Fsp3) is 0.310. The molecular formula is C29H24F9NO2S. The van der Waals surface area contributed by atoms with Gasteiger partial charge in [-0.25, -0.2) is 13.2 Å². The number of rotatable bonds is 9. The molecule has 13 heteroatoms. The molecule has 1 heterocycles. The maximum absolute atomic E-state index is 14.3. The second-order valence-corrected chi connectivity index (χ2v) is 11.5. The van der Waals surface area contributed by atoms with Crippen molar-refractivity contribution in [1.82, 2.24) is 4.90 Å². The van der Waals surface area contributed by atoms with Crippen molar-refractivity contribution in [2.24, 2.45) is 0 Å². The van der Waals surface area contributed by atoms with Gasteiger partial charge in [-0.15, -0.1) is 6.58 Å². The fourth-order valence-electron chi connectivity index (χ4n) is 5.07. The van der Waals surface area contributed by atoms with Crippen LogP contribution in [0.3, 0.4) is 0 Å². The summed E-state index contributed by atoms with van der Waals surface area (Å²) < 4.78 is 145. The summed E-state index contributed by atoms with van der Waals surface area (Å²) in [5, 5.41) is 0. The first-order chi connectivity index (χ1) is 19.7. The van der Waals surface area contributed by atoms with Crippen LogP contribution in [-0.2, 0) is 32.5 Å². The molecule has 3 nitrogen and oxygen atoms in total. The molecule has 0 bridgehead atoms. The molecule has 1 fully saturated rings. The highest BCUT2D eigenvalue weighted by molar-refractivity contribution is 7.86. The summed E-state index contributed by atoms with van der Waals surface area (Å²) in [4.78, 5) is 2.08. The predicted molar refractivity (Wildman–Crippen MR) is 137 cm³/mol. The van der Waals surface area contributed by atoms with E-state index >= 15 is 0 Å². The molecule has 1 aliphatic rings. The van der Waals surface area contributed by atoms with Crippen molar-refractivity contribution in [2.75, 3.05) is 19.6 Å². The van der Waals surface area contributed by atoms with Gasteiger partial charge in [-0.05, 0) is 48.4 Å². The topological polar surface area (TPSA) is 29.5 Å². The number of likely N-dealkylation sites (tertiary alicyclic amines) is 1. The highest BCUT2D eigenvalue weighted by Gasteiger charge is 2.73. The molecule has 0 saturated carbocycles. The summed E-state index contributed by atoms with van der Waals surface area (Å²) in [6, 6.07) is 10.2. The lowest BCUT2D eigenvalue weighted by atomic mass is 9.88. The van der Waals surface area contributed by atoms with Crippen molar-refractivity contribution in [1.29, 1.82) is 0 Å². The van der Waals surface area contributed by atoms with Crippen molar-refractivity contribution in [3.8, 4) is 0 Å². The third kappa shape index (κ3) is 5.73. The first-order valence-corrected chi connectivity index (χ1v) is 13.6. The Hall–Kier alpha value is -3.16. The Kier molecular flexibility index (Phi) is 8.96. The van der Waals surface area contributed by atoms with Gasteiger partial charge in [0.15, 0.2) is 0 Å². The standard InChI is InChI=1S/C29H24F9NO2S/c1-2-15-39-16-14-26(18-39,42(40)22-12-10-21(30)11-13-22)19-6-8-20(9-7-19)27(28(33,34)35,29(36,37)38)41-17-23-24(31)4-3-5-25(23)32/h2-13H,1,14-18H2. The molecule has 0 radical (unpaired) electrons. The van der Waals surface area contributed by atoms with Crippen LogP contribution < -0.4 is 0 Å². The number of benzene rings is 3. The lowest BCUT2D eigenvalue weighted by Crippen LogP contribution is -2.56. The van der Waals surface area contributed by atoms with E-state index in [2.05, 4.69) is 11.3 Å². The van der Waals surface area contributed by atoms with Crippen LogP contribution in [0.15, 0.2) is 84.3 Å². The first-order valence-electron chi connectivity index (χ1n) is 12.5. The average molecular weight is 622 g/mol. The molecule has 1 saturated heterocycles. The van der Waals surface area contributed by atoms with Gasteiger partial charge >= 0.3 is 12.4 Å². The van der Waals surface area contributed by atoms with Crippen molar-refractivity contribution in [2.45, 2.75) is 40.6 Å². The van der Waals surface area contributed by atoms with Gasteiger partial charge < -0.3 is 4.74 Å². The van der Waals surface area contributed by atoms with Crippen molar-refractivity contribution in [3.05, 3.63) is 114 Å². The summed E-state index contributed by atoms with van der Waals surface area (Å²) in [6.07, 6.45) is -10.4. The molecule has 1 aliphatic heterocycles. The van der Waals surface area contributed by atoms with E-state index in [0.29, 0.717) is 37.4 Å². The molecule has 0 amide bonds. The smallest absolute Gasteiger partial charge is 0.349 e. The van der Waals surface area contributed by atoms with Crippen LogP contribution in [-0.4, -0.2) is 41.1 Å². The van der Waals surface area contributed by atoms with E-state index in [-0.39, 0.29) is 23.4 Å². The average Bonchev–Trinajstić information content (AvgIpc) is 3.34. The first kappa shape index (κ1) is 31.8. The van der Waals surface area contributed by atoms with Crippen LogP contribution in [0, 0.1) is 17.5 Å². The van der Waals surface area contributed by atoms with Crippen LogP contribution >= 0.6 is 0 Å². The summed E-state index contributed by atoms with van der Waals surface area (Å²) >= 11 is 0. The molecule has 3 aromatic carbocycles. The van der Waals surface area contributed by atoms with E-state index < -0.39 is 68.7 Å². The molecule has 2 atom stereocenters. The van der Waals surface area contributed by atoms with Crippen LogP contribution in [0.1, 0.15) is 23.1 Å². The zero-order valence-electron chi connectivity index (χ0n) is 21.7. The van der Waals surface area contributed by atoms with Crippen molar-refractivity contribution >= 4 is 10.8 Å². The van der Waals surface area contributed by atoms with E-state index in [4.69, 9.17) is 0 Å². The molecular weight excluding hydrogens is 597 g/mol. The summed E-state index contributed by atoms with van der Waals surface area (Å²) in [5.41, 5.74) is -7.25. The zero-order valence-corrected chi connectivity index (χ0v) is 22.6. The Morgan fingerprint density at radius 1 is 0.881 bits per heavy atom. The molecule has 3 aromatic rings. The van der Waals surface area contributed by atoms with Gasteiger partial charge in [0.25, 0.3) is 5.60 Å². The number of ether oxygens (including phenoxy) is 1. The maximum Gasteiger partial charge on any atom is 0.430 e. The lowest BCUT2D eigenvalue weighted by Gasteiger charge is -2.38. The van der Waals surface area contributed by atoms with Crippen molar-refractivity contribution in [3.63, 3.8) is 0 Å². The second kappa shape index (κ2) is 11.8. The van der Waals surface area contributed by atoms with Crippen LogP contribution in [0.5, 0.6) is 0 Å². The SMILES string of the molecule is C=CCN1CCC(c2ccc(C(OCc3c(F)cccc3F)(C(F)(F)F)C(F)(F)F)cc2)(S(=O)c2ccc(F)cc2)C1. The molecule has 0 spiro atoms. The summed E-state index contributed by atoms with van der Waals surface area (Å²) in [7, 11) is -1.90. The molecule has 0 N–H and O–H groups in total. The van der Waals surface area contributed by atoms with Crippen LogP contribution in [0.2, 0.25) is 0 Å².